The summed E-state index contributed by atoms with van der Waals surface area (Å²) in [6, 6.07) is -0.524. The van der Waals surface area contributed by atoms with Gasteiger partial charge in [-0.3, -0.25) is 4.79 Å². The molecule has 19 heavy (non-hydrogen) atoms. The summed E-state index contributed by atoms with van der Waals surface area (Å²) in [6.07, 6.45) is 2.34. The van der Waals surface area contributed by atoms with E-state index >= 15 is 0 Å². The van der Waals surface area contributed by atoms with Crippen LogP contribution in [0.25, 0.3) is 0 Å². The van der Waals surface area contributed by atoms with Crippen LogP contribution in [0.5, 0.6) is 0 Å². The molecule has 0 aliphatic rings. The first-order valence-corrected chi connectivity index (χ1v) is 6.78. The second kappa shape index (κ2) is 9.61. The topological polar surface area (TPSA) is 81.7 Å². The minimum atomic E-state index is -0.889. The lowest BCUT2D eigenvalue weighted by Crippen LogP contribution is -2.46. The first kappa shape index (κ1) is 17.7. The monoisotopic (exact) mass is 273 g/mol. The van der Waals surface area contributed by atoms with Crippen LogP contribution in [0.15, 0.2) is 0 Å². The molecule has 0 aromatic carbocycles. The smallest absolute Gasteiger partial charge is 0.315 e. The third-order valence-corrected chi connectivity index (χ3v) is 2.78. The van der Waals surface area contributed by atoms with Crippen LogP contribution in [-0.2, 0) is 4.79 Å². The molecule has 0 aliphatic heterocycles. The maximum absolute atomic E-state index is 11.7. The van der Waals surface area contributed by atoms with Gasteiger partial charge in [0.1, 0.15) is 0 Å². The molecule has 6 nitrogen and oxygen atoms in total. The van der Waals surface area contributed by atoms with Gasteiger partial charge in [0.15, 0.2) is 0 Å². The van der Waals surface area contributed by atoms with Crippen LogP contribution in [0.3, 0.4) is 0 Å². The van der Waals surface area contributed by atoms with Crippen LogP contribution in [-0.4, -0.2) is 54.7 Å². The number of nitrogens with one attached hydrogen (secondary N) is 2. The van der Waals surface area contributed by atoms with Crippen molar-refractivity contribution in [3.63, 3.8) is 0 Å². The predicted octanol–water partition coefficient (Wildman–Crippen LogP) is 1.27. The van der Waals surface area contributed by atoms with Crippen molar-refractivity contribution in [1.82, 2.24) is 15.5 Å². The summed E-state index contributed by atoms with van der Waals surface area (Å²) in [4.78, 5) is 24.5. The van der Waals surface area contributed by atoms with Crippen LogP contribution in [0.2, 0.25) is 0 Å². The number of amides is 2. The van der Waals surface area contributed by atoms with Gasteiger partial charge >= 0.3 is 12.0 Å². The molecule has 0 heterocycles. The molecule has 0 saturated carbocycles. The normalized spacial score (nSPS) is 13.9. The van der Waals surface area contributed by atoms with Crippen molar-refractivity contribution in [3.8, 4) is 0 Å². The molecule has 2 amide bonds. The molecule has 6 heteroatoms. The Morgan fingerprint density at radius 1 is 1.21 bits per heavy atom. The summed E-state index contributed by atoms with van der Waals surface area (Å²) >= 11 is 0. The zero-order valence-electron chi connectivity index (χ0n) is 12.4. The maximum Gasteiger partial charge on any atom is 0.315 e. The highest BCUT2D eigenvalue weighted by Gasteiger charge is 2.16. The molecule has 0 radical (unpaired) electrons. The number of nitrogens with zero attached hydrogens (tertiary/aromatic N) is 1. The van der Waals surface area contributed by atoms with Gasteiger partial charge in [-0.1, -0.05) is 13.3 Å². The van der Waals surface area contributed by atoms with Crippen molar-refractivity contribution in [2.45, 2.75) is 51.6 Å². The molecule has 0 fully saturated rings. The van der Waals surface area contributed by atoms with Gasteiger partial charge < -0.3 is 20.6 Å². The molecule has 0 spiro atoms. The Hall–Kier alpha value is -1.30. The molecule has 0 bridgehead atoms. The zero-order chi connectivity index (χ0) is 14.8. The maximum atomic E-state index is 11.7. The number of carboxylic acid groups (broad SMARTS) is 1. The summed E-state index contributed by atoms with van der Waals surface area (Å²) in [5.74, 6) is -0.889. The van der Waals surface area contributed by atoms with Gasteiger partial charge in [-0.15, -0.1) is 0 Å². The lowest BCUT2D eigenvalue weighted by Gasteiger charge is -2.20. The molecular formula is C13H27N3O3. The number of carbonyl (C=O) groups excluding carboxylic acids is 1. The van der Waals surface area contributed by atoms with Gasteiger partial charge in [0.2, 0.25) is 0 Å². The van der Waals surface area contributed by atoms with Crippen molar-refractivity contribution in [3.05, 3.63) is 0 Å². The molecule has 3 N–H and O–H groups in total. The molecular weight excluding hydrogens is 246 g/mol. The fourth-order valence-electron chi connectivity index (χ4n) is 1.76. The van der Waals surface area contributed by atoms with Crippen molar-refractivity contribution in [2.75, 3.05) is 20.6 Å². The Morgan fingerprint density at radius 3 is 2.32 bits per heavy atom. The Bertz CT molecular complexity index is 282. The third-order valence-electron chi connectivity index (χ3n) is 2.78. The van der Waals surface area contributed by atoms with Crippen molar-refractivity contribution >= 4 is 12.0 Å². The molecule has 0 aromatic heterocycles. The van der Waals surface area contributed by atoms with E-state index < -0.39 is 5.97 Å². The highest BCUT2D eigenvalue weighted by atomic mass is 16.4. The average Bonchev–Trinajstić information content (AvgIpc) is 2.25. The number of aliphatic carboxylic acids is 1. The van der Waals surface area contributed by atoms with Gasteiger partial charge in [0, 0.05) is 12.1 Å². The van der Waals surface area contributed by atoms with Crippen molar-refractivity contribution < 1.29 is 14.7 Å². The van der Waals surface area contributed by atoms with Gasteiger partial charge in [-0.25, -0.2) is 4.79 Å². The Balaban J connectivity index is 4.06. The summed E-state index contributed by atoms with van der Waals surface area (Å²) < 4.78 is 0. The zero-order valence-corrected chi connectivity index (χ0v) is 12.4. The Morgan fingerprint density at radius 2 is 1.84 bits per heavy atom. The first-order chi connectivity index (χ1) is 8.85. The fraction of sp³-hybridized carbons (Fsp3) is 0.846. The fourth-order valence-corrected chi connectivity index (χ4v) is 1.76. The van der Waals surface area contributed by atoms with E-state index in [0.29, 0.717) is 6.42 Å². The molecule has 112 valence electrons. The van der Waals surface area contributed by atoms with Crippen molar-refractivity contribution in [1.29, 1.82) is 0 Å². The third kappa shape index (κ3) is 10.3. The molecule has 2 unspecified atom stereocenters. The standard InChI is InChI=1S/C13H27N3O3/c1-5-6-11(9-12(17)18)15-13(19)14-10(2)7-8-16(3)4/h10-11H,5-9H2,1-4H3,(H,17,18)(H2,14,15,19). The van der Waals surface area contributed by atoms with E-state index in [2.05, 4.69) is 15.5 Å². The number of rotatable bonds is 9. The molecule has 0 rings (SSSR count). The minimum absolute atomic E-state index is 0.0344. The van der Waals surface area contributed by atoms with Crippen LogP contribution >= 0.6 is 0 Å². The van der Waals surface area contributed by atoms with Crippen LogP contribution < -0.4 is 10.6 Å². The summed E-state index contributed by atoms with van der Waals surface area (Å²) in [6.45, 7) is 4.80. The average molecular weight is 273 g/mol. The second-order valence-electron chi connectivity index (χ2n) is 5.19. The minimum Gasteiger partial charge on any atom is -0.481 e. The Kier molecular flexibility index (Phi) is 8.95. The van der Waals surface area contributed by atoms with Crippen LogP contribution in [0, 0.1) is 0 Å². The lowest BCUT2D eigenvalue weighted by molar-refractivity contribution is -0.137. The van der Waals surface area contributed by atoms with E-state index in [-0.39, 0.29) is 24.5 Å². The molecule has 0 aromatic rings. The summed E-state index contributed by atoms with van der Waals surface area (Å²) in [5, 5.41) is 14.3. The number of urea groups is 1. The number of hydrogen-bond donors (Lipinski definition) is 3. The Labute approximate surface area is 115 Å². The lowest BCUT2D eigenvalue weighted by atomic mass is 10.1. The van der Waals surface area contributed by atoms with Gasteiger partial charge in [-0.05, 0) is 40.4 Å². The summed E-state index contributed by atoms with van der Waals surface area (Å²) in [5.41, 5.74) is 0. The van der Waals surface area contributed by atoms with Crippen molar-refractivity contribution in [2.24, 2.45) is 0 Å². The quantitative estimate of drug-likeness (QED) is 0.591. The SMILES string of the molecule is CCCC(CC(=O)O)NC(=O)NC(C)CCN(C)C. The van der Waals surface area contributed by atoms with E-state index in [1.807, 2.05) is 27.9 Å². The largest absolute Gasteiger partial charge is 0.481 e. The number of hydrogen-bond acceptors (Lipinski definition) is 3. The number of carboxylic acids is 1. The van der Waals surface area contributed by atoms with Gasteiger partial charge in [-0.2, -0.15) is 0 Å². The van der Waals surface area contributed by atoms with E-state index in [9.17, 15) is 9.59 Å². The van der Waals surface area contributed by atoms with Crippen LogP contribution in [0.4, 0.5) is 4.79 Å². The van der Waals surface area contributed by atoms with E-state index in [0.717, 1.165) is 19.4 Å². The summed E-state index contributed by atoms with van der Waals surface area (Å²) in [7, 11) is 3.97. The van der Waals surface area contributed by atoms with Crippen LogP contribution in [0.1, 0.15) is 39.5 Å². The molecule has 0 aliphatic carbocycles. The van der Waals surface area contributed by atoms with E-state index in [1.54, 1.807) is 0 Å². The van der Waals surface area contributed by atoms with E-state index in [4.69, 9.17) is 5.11 Å². The van der Waals surface area contributed by atoms with Gasteiger partial charge in [0.25, 0.3) is 0 Å². The first-order valence-electron chi connectivity index (χ1n) is 6.78. The number of carbonyl (C=O) groups is 2. The highest BCUT2D eigenvalue weighted by molar-refractivity contribution is 5.75. The molecule has 0 saturated heterocycles. The molecule has 2 atom stereocenters. The second-order valence-corrected chi connectivity index (χ2v) is 5.19. The highest BCUT2D eigenvalue weighted by Crippen LogP contribution is 2.02. The van der Waals surface area contributed by atoms with E-state index in [1.165, 1.54) is 0 Å². The predicted molar refractivity (Wildman–Crippen MR) is 75.2 cm³/mol. The van der Waals surface area contributed by atoms with Gasteiger partial charge in [0.05, 0.1) is 6.42 Å².